The Morgan fingerprint density at radius 3 is 2.67 bits per heavy atom. The van der Waals surface area contributed by atoms with E-state index < -0.39 is 0 Å². The minimum absolute atomic E-state index is 0.405. The van der Waals surface area contributed by atoms with Crippen molar-refractivity contribution in [2.45, 2.75) is 64.3 Å². The Bertz CT molecular complexity index is 360. The Morgan fingerprint density at radius 2 is 2.06 bits per heavy atom. The van der Waals surface area contributed by atoms with Gasteiger partial charge in [-0.15, -0.1) is 0 Å². The molecule has 0 aromatic rings. The number of ketones is 1. The number of hydrogen-bond acceptors (Lipinski definition) is 2. The van der Waals surface area contributed by atoms with Crippen molar-refractivity contribution in [2.24, 2.45) is 11.8 Å². The lowest BCUT2D eigenvalue weighted by Crippen LogP contribution is -2.35. The van der Waals surface area contributed by atoms with Crippen LogP contribution in [-0.4, -0.2) is 23.3 Å². The highest BCUT2D eigenvalue weighted by Crippen LogP contribution is 2.46. The van der Waals surface area contributed by atoms with Crippen LogP contribution in [-0.2, 0) is 4.79 Å². The first-order valence-electron chi connectivity index (χ1n) is 7.77. The molecule has 0 aromatic heterocycles. The summed E-state index contributed by atoms with van der Waals surface area (Å²) in [6.07, 6.45) is 12.0. The molecule has 0 radical (unpaired) electrons. The highest BCUT2D eigenvalue weighted by atomic mass is 16.1. The molecule has 3 atom stereocenters. The number of nitrogens with zero attached hydrogens (tertiary/aromatic N) is 1. The number of hydrogen-bond donors (Lipinski definition) is 0. The van der Waals surface area contributed by atoms with Gasteiger partial charge in [-0.25, -0.2) is 0 Å². The summed E-state index contributed by atoms with van der Waals surface area (Å²) in [5, 5.41) is 0. The molecule has 2 nitrogen and oxygen atoms in total. The molecule has 3 rings (SSSR count). The van der Waals surface area contributed by atoms with Crippen LogP contribution in [0.5, 0.6) is 0 Å². The van der Waals surface area contributed by atoms with Crippen molar-refractivity contribution in [1.82, 2.24) is 4.90 Å². The number of carbonyl (C=O) groups excluding carboxylic acids is 1. The zero-order valence-corrected chi connectivity index (χ0v) is 11.5. The van der Waals surface area contributed by atoms with Crippen molar-refractivity contribution in [3.05, 3.63) is 11.8 Å². The summed E-state index contributed by atoms with van der Waals surface area (Å²) in [6.45, 7) is 3.29. The van der Waals surface area contributed by atoms with Crippen molar-refractivity contribution in [1.29, 1.82) is 0 Å². The first kappa shape index (κ1) is 12.3. The lowest BCUT2D eigenvalue weighted by Gasteiger charge is -2.34. The summed E-state index contributed by atoms with van der Waals surface area (Å²) in [7, 11) is 0. The summed E-state index contributed by atoms with van der Waals surface area (Å²) in [5.74, 6) is 2.29. The van der Waals surface area contributed by atoms with E-state index >= 15 is 0 Å². The van der Waals surface area contributed by atoms with Crippen molar-refractivity contribution in [3.63, 3.8) is 0 Å². The van der Waals surface area contributed by atoms with E-state index in [1.807, 2.05) is 0 Å². The van der Waals surface area contributed by atoms with Gasteiger partial charge in [-0.3, -0.25) is 4.79 Å². The van der Waals surface area contributed by atoms with Crippen LogP contribution in [0.25, 0.3) is 0 Å². The smallest absolute Gasteiger partial charge is 0.160 e. The van der Waals surface area contributed by atoms with Gasteiger partial charge in [-0.05, 0) is 57.3 Å². The van der Waals surface area contributed by atoms with E-state index in [0.29, 0.717) is 5.78 Å². The second-order valence-corrected chi connectivity index (χ2v) is 6.36. The molecule has 3 saturated carbocycles. The van der Waals surface area contributed by atoms with Crippen LogP contribution in [0.1, 0.15) is 58.3 Å². The zero-order chi connectivity index (χ0) is 12.5. The molecule has 0 saturated heterocycles. The average molecular weight is 247 g/mol. The van der Waals surface area contributed by atoms with Crippen molar-refractivity contribution in [2.75, 3.05) is 6.54 Å². The number of allylic oxidation sites excluding steroid dienone is 1. The van der Waals surface area contributed by atoms with Gasteiger partial charge in [0.05, 0.1) is 0 Å². The van der Waals surface area contributed by atoms with Gasteiger partial charge < -0.3 is 4.90 Å². The standard InChI is InChI=1S/C16H25NO/c1-2-17(11-14-5-3-4-6-16(14)18)15-10-12-7-8-13(15)9-12/h11-13,15H,2-10H2,1H3/b14-11+. The average Bonchev–Trinajstić information content (AvgIpc) is 3.00. The molecular formula is C16H25NO. The number of carbonyl (C=O) groups is 1. The topological polar surface area (TPSA) is 20.3 Å². The van der Waals surface area contributed by atoms with Gasteiger partial charge in [0.1, 0.15) is 0 Å². The molecule has 0 spiro atoms. The van der Waals surface area contributed by atoms with Gasteiger partial charge in [0.2, 0.25) is 0 Å². The van der Waals surface area contributed by atoms with Crippen LogP contribution in [0.3, 0.4) is 0 Å². The maximum atomic E-state index is 11.9. The molecule has 0 amide bonds. The fourth-order valence-corrected chi connectivity index (χ4v) is 4.28. The fraction of sp³-hybridized carbons (Fsp3) is 0.812. The Balaban J connectivity index is 1.72. The summed E-state index contributed by atoms with van der Waals surface area (Å²) < 4.78 is 0. The van der Waals surface area contributed by atoms with E-state index in [1.165, 1.54) is 32.1 Å². The van der Waals surface area contributed by atoms with E-state index in [0.717, 1.165) is 49.3 Å². The Labute approximate surface area is 110 Å². The molecule has 0 aliphatic heterocycles. The molecule has 100 valence electrons. The largest absolute Gasteiger partial charge is 0.374 e. The monoisotopic (exact) mass is 247 g/mol. The van der Waals surface area contributed by atoms with Gasteiger partial charge in [0.15, 0.2) is 5.78 Å². The van der Waals surface area contributed by atoms with Gasteiger partial charge in [0.25, 0.3) is 0 Å². The first-order chi connectivity index (χ1) is 8.78. The highest BCUT2D eigenvalue weighted by molar-refractivity contribution is 5.95. The van der Waals surface area contributed by atoms with Crippen LogP contribution >= 0.6 is 0 Å². The van der Waals surface area contributed by atoms with Crippen molar-refractivity contribution < 1.29 is 4.79 Å². The van der Waals surface area contributed by atoms with Crippen LogP contribution in [0.2, 0.25) is 0 Å². The third kappa shape index (κ3) is 2.22. The molecule has 2 heteroatoms. The van der Waals surface area contributed by atoms with Crippen LogP contribution < -0.4 is 0 Å². The summed E-state index contributed by atoms with van der Waals surface area (Å²) >= 11 is 0. The number of fused-ring (bicyclic) bond motifs is 2. The molecule has 0 N–H and O–H groups in total. The predicted molar refractivity (Wildman–Crippen MR) is 73.2 cm³/mol. The second-order valence-electron chi connectivity index (χ2n) is 6.36. The highest BCUT2D eigenvalue weighted by Gasteiger charge is 2.41. The van der Waals surface area contributed by atoms with Gasteiger partial charge >= 0.3 is 0 Å². The summed E-state index contributed by atoms with van der Waals surface area (Å²) in [5.41, 5.74) is 1.10. The molecule has 2 bridgehead atoms. The van der Waals surface area contributed by atoms with Gasteiger partial charge in [0, 0.05) is 30.8 Å². The Morgan fingerprint density at radius 1 is 1.22 bits per heavy atom. The minimum atomic E-state index is 0.405. The van der Waals surface area contributed by atoms with E-state index in [-0.39, 0.29) is 0 Å². The normalized spacial score (nSPS) is 37.5. The maximum Gasteiger partial charge on any atom is 0.160 e. The van der Waals surface area contributed by atoms with Crippen molar-refractivity contribution in [3.8, 4) is 0 Å². The van der Waals surface area contributed by atoms with E-state index in [2.05, 4.69) is 18.0 Å². The molecule has 0 heterocycles. The Kier molecular flexibility index (Phi) is 3.45. The molecular weight excluding hydrogens is 222 g/mol. The summed E-state index contributed by atoms with van der Waals surface area (Å²) in [6, 6.07) is 0.732. The predicted octanol–water partition coefficient (Wildman–Crippen LogP) is 3.52. The zero-order valence-electron chi connectivity index (χ0n) is 11.5. The van der Waals surface area contributed by atoms with Crippen LogP contribution in [0.15, 0.2) is 11.8 Å². The quantitative estimate of drug-likeness (QED) is 0.711. The molecule has 0 aromatic carbocycles. The van der Waals surface area contributed by atoms with E-state index in [9.17, 15) is 4.79 Å². The number of Topliss-reactive ketones (excluding diaryl/α,β-unsaturated/α-hetero) is 1. The van der Waals surface area contributed by atoms with E-state index in [4.69, 9.17) is 0 Å². The summed E-state index contributed by atoms with van der Waals surface area (Å²) in [4.78, 5) is 14.4. The molecule has 3 fully saturated rings. The molecule has 3 unspecified atom stereocenters. The van der Waals surface area contributed by atoms with Gasteiger partial charge in [-0.1, -0.05) is 6.42 Å². The lowest BCUT2D eigenvalue weighted by molar-refractivity contribution is -0.116. The van der Waals surface area contributed by atoms with Crippen LogP contribution in [0, 0.1) is 11.8 Å². The van der Waals surface area contributed by atoms with E-state index in [1.54, 1.807) is 0 Å². The lowest BCUT2D eigenvalue weighted by atomic mass is 9.92. The minimum Gasteiger partial charge on any atom is -0.374 e. The van der Waals surface area contributed by atoms with Gasteiger partial charge in [-0.2, -0.15) is 0 Å². The SMILES string of the molecule is CCN(/C=C1\CCCCC1=O)C1CC2CCC1C2. The van der Waals surface area contributed by atoms with Crippen molar-refractivity contribution >= 4 is 5.78 Å². The molecule has 3 aliphatic carbocycles. The molecule has 3 aliphatic rings. The number of rotatable bonds is 3. The first-order valence-corrected chi connectivity index (χ1v) is 7.77. The third-order valence-electron chi connectivity index (χ3n) is 5.27. The molecule has 18 heavy (non-hydrogen) atoms. The Hall–Kier alpha value is -0.790. The third-order valence-corrected chi connectivity index (χ3v) is 5.27. The van der Waals surface area contributed by atoms with Crippen LogP contribution in [0.4, 0.5) is 0 Å². The maximum absolute atomic E-state index is 11.9. The second kappa shape index (κ2) is 5.07. The fourth-order valence-electron chi connectivity index (χ4n) is 4.28.